The van der Waals surface area contributed by atoms with Crippen LogP contribution in [0.4, 0.5) is 4.79 Å². The first kappa shape index (κ1) is 16.5. The lowest BCUT2D eigenvalue weighted by atomic mass is 10.1. The van der Waals surface area contributed by atoms with Gasteiger partial charge < -0.3 is 10.2 Å². The number of hydrogen-bond donors (Lipinski definition) is 2. The van der Waals surface area contributed by atoms with Gasteiger partial charge in [0.15, 0.2) is 0 Å². The quantitative estimate of drug-likeness (QED) is 0.856. The Kier molecular flexibility index (Phi) is 5.60. The normalized spacial score (nSPS) is 12.2. The van der Waals surface area contributed by atoms with Crippen LogP contribution >= 0.6 is 11.3 Å². The molecule has 0 aliphatic heterocycles. The maximum atomic E-state index is 12.3. The fourth-order valence-corrected chi connectivity index (χ4v) is 3.31. The van der Waals surface area contributed by atoms with Gasteiger partial charge in [-0.05, 0) is 43.7 Å². The van der Waals surface area contributed by atoms with E-state index in [1.54, 1.807) is 16.2 Å². The largest absolute Gasteiger partial charge is 0.330 e. The number of amides is 2. The number of aromatic nitrogens is 2. The van der Waals surface area contributed by atoms with Gasteiger partial charge in [0, 0.05) is 24.2 Å². The number of thiophene rings is 1. The molecule has 2 aromatic heterocycles. The molecule has 2 heterocycles. The zero-order valence-electron chi connectivity index (χ0n) is 13.6. The molecule has 2 rings (SSSR count). The third-order valence-corrected chi connectivity index (χ3v) is 4.90. The van der Waals surface area contributed by atoms with Crippen LogP contribution < -0.4 is 5.32 Å². The summed E-state index contributed by atoms with van der Waals surface area (Å²) >= 11 is 1.68. The first-order valence-electron chi connectivity index (χ1n) is 7.58. The molecule has 0 aromatic carbocycles. The lowest BCUT2D eigenvalue weighted by Crippen LogP contribution is -2.40. The second-order valence-corrected chi connectivity index (χ2v) is 6.49. The number of aryl methyl sites for hydroxylation is 2. The Morgan fingerprint density at radius 2 is 2.27 bits per heavy atom. The van der Waals surface area contributed by atoms with E-state index in [0.29, 0.717) is 6.54 Å². The SMILES string of the molecule is CC[C@@H](NC(=O)N(C)CCc1c(C)n[nH]c1C)c1cccs1. The summed E-state index contributed by atoms with van der Waals surface area (Å²) in [7, 11) is 1.83. The van der Waals surface area contributed by atoms with Crippen molar-refractivity contribution in [3.63, 3.8) is 0 Å². The van der Waals surface area contributed by atoms with Crippen LogP contribution in [0.25, 0.3) is 0 Å². The fourth-order valence-electron chi connectivity index (χ4n) is 2.45. The molecule has 22 heavy (non-hydrogen) atoms. The predicted molar refractivity (Wildman–Crippen MR) is 90.3 cm³/mol. The van der Waals surface area contributed by atoms with E-state index in [-0.39, 0.29) is 12.1 Å². The highest BCUT2D eigenvalue weighted by Gasteiger charge is 2.17. The number of rotatable bonds is 6. The van der Waals surface area contributed by atoms with Crippen LogP contribution in [0.3, 0.4) is 0 Å². The molecule has 0 bridgehead atoms. The molecule has 0 spiro atoms. The molecule has 6 heteroatoms. The first-order valence-corrected chi connectivity index (χ1v) is 8.46. The zero-order chi connectivity index (χ0) is 16.1. The second kappa shape index (κ2) is 7.45. The van der Waals surface area contributed by atoms with Crippen molar-refractivity contribution in [2.24, 2.45) is 0 Å². The molecule has 5 nitrogen and oxygen atoms in total. The van der Waals surface area contributed by atoms with Crippen LogP contribution in [0.1, 0.15) is 41.2 Å². The Hall–Kier alpha value is -1.82. The Balaban J connectivity index is 1.89. The van der Waals surface area contributed by atoms with E-state index in [4.69, 9.17) is 0 Å². The van der Waals surface area contributed by atoms with E-state index in [2.05, 4.69) is 28.5 Å². The van der Waals surface area contributed by atoms with Gasteiger partial charge >= 0.3 is 6.03 Å². The third kappa shape index (κ3) is 3.88. The minimum Gasteiger partial charge on any atom is -0.330 e. The van der Waals surface area contributed by atoms with E-state index in [0.717, 1.165) is 24.2 Å². The van der Waals surface area contributed by atoms with Gasteiger partial charge in [-0.1, -0.05) is 13.0 Å². The average Bonchev–Trinajstić information content (AvgIpc) is 3.13. The van der Waals surface area contributed by atoms with Gasteiger partial charge in [0.2, 0.25) is 0 Å². The maximum Gasteiger partial charge on any atom is 0.317 e. The van der Waals surface area contributed by atoms with Crippen molar-refractivity contribution in [2.75, 3.05) is 13.6 Å². The number of aromatic amines is 1. The van der Waals surface area contributed by atoms with Gasteiger partial charge in [0.25, 0.3) is 0 Å². The summed E-state index contributed by atoms with van der Waals surface area (Å²) in [6.07, 6.45) is 1.70. The number of carbonyl (C=O) groups excluding carboxylic acids is 1. The number of H-pyrrole nitrogens is 1. The zero-order valence-corrected chi connectivity index (χ0v) is 14.5. The van der Waals surface area contributed by atoms with Gasteiger partial charge in [0.05, 0.1) is 11.7 Å². The highest BCUT2D eigenvalue weighted by Crippen LogP contribution is 2.21. The van der Waals surface area contributed by atoms with Crippen LogP contribution in [0.2, 0.25) is 0 Å². The van der Waals surface area contributed by atoms with Crippen molar-refractivity contribution in [2.45, 2.75) is 39.7 Å². The lowest BCUT2D eigenvalue weighted by Gasteiger charge is -2.22. The average molecular weight is 320 g/mol. The standard InChI is InChI=1S/C16H24N4OS/c1-5-14(15-7-6-10-22-15)17-16(21)20(4)9-8-13-11(2)18-19-12(13)3/h6-7,10,14H,5,8-9H2,1-4H3,(H,17,21)(H,18,19)/t14-/m1/s1. The van der Waals surface area contributed by atoms with Crippen molar-refractivity contribution in [3.05, 3.63) is 39.3 Å². The number of carbonyl (C=O) groups is 1. The van der Waals surface area contributed by atoms with Crippen molar-refractivity contribution >= 4 is 17.4 Å². The molecule has 120 valence electrons. The molecule has 0 unspecified atom stereocenters. The van der Waals surface area contributed by atoms with E-state index >= 15 is 0 Å². The Morgan fingerprint density at radius 3 is 2.82 bits per heavy atom. The molecule has 2 amide bonds. The molecule has 0 radical (unpaired) electrons. The van der Waals surface area contributed by atoms with Crippen molar-refractivity contribution < 1.29 is 4.79 Å². The number of nitrogens with one attached hydrogen (secondary N) is 2. The summed E-state index contributed by atoms with van der Waals surface area (Å²) in [6.45, 7) is 6.76. The monoisotopic (exact) mass is 320 g/mol. The molecule has 0 saturated heterocycles. The molecule has 2 N–H and O–H groups in total. The minimum absolute atomic E-state index is 0.0287. The first-order chi connectivity index (χ1) is 10.5. The summed E-state index contributed by atoms with van der Waals surface area (Å²) in [5.41, 5.74) is 3.29. The summed E-state index contributed by atoms with van der Waals surface area (Å²) in [5, 5.41) is 12.3. The van der Waals surface area contributed by atoms with E-state index in [9.17, 15) is 4.79 Å². The van der Waals surface area contributed by atoms with Gasteiger partial charge in [-0.2, -0.15) is 5.10 Å². The van der Waals surface area contributed by atoms with Crippen molar-refractivity contribution in [1.29, 1.82) is 0 Å². The fraction of sp³-hybridized carbons (Fsp3) is 0.500. The smallest absolute Gasteiger partial charge is 0.317 e. The molecule has 0 aliphatic rings. The highest BCUT2D eigenvalue weighted by molar-refractivity contribution is 7.10. The van der Waals surface area contributed by atoms with E-state index < -0.39 is 0 Å². The molecule has 1 atom stereocenters. The minimum atomic E-state index is -0.0287. The molecule has 2 aromatic rings. The molecular weight excluding hydrogens is 296 g/mol. The maximum absolute atomic E-state index is 12.3. The topological polar surface area (TPSA) is 61.0 Å². The van der Waals surface area contributed by atoms with E-state index in [1.165, 1.54) is 10.4 Å². The number of nitrogens with zero attached hydrogens (tertiary/aromatic N) is 2. The van der Waals surface area contributed by atoms with Gasteiger partial charge in [0.1, 0.15) is 0 Å². The lowest BCUT2D eigenvalue weighted by molar-refractivity contribution is 0.205. The summed E-state index contributed by atoms with van der Waals surface area (Å²) < 4.78 is 0. The van der Waals surface area contributed by atoms with Gasteiger partial charge in [-0.15, -0.1) is 11.3 Å². The molecule has 0 saturated carbocycles. The second-order valence-electron chi connectivity index (χ2n) is 5.51. The highest BCUT2D eigenvalue weighted by atomic mass is 32.1. The number of likely N-dealkylation sites (N-methyl/N-ethyl adjacent to an activating group) is 1. The molecule has 0 fully saturated rings. The molecule has 0 aliphatic carbocycles. The van der Waals surface area contributed by atoms with Crippen LogP contribution in [-0.2, 0) is 6.42 Å². The van der Waals surface area contributed by atoms with E-state index in [1.807, 2.05) is 32.3 Å². The molecular formula is C16H24N4OS. The van der Waals surface area contributed by atoms with Gasteiger partial charge in [-0.3, -0.25) is 5.10 Å². The van der Waals surface area contributed by atoms with Crippen molar-refractivity contribution in [3.8, 4) is 0 Å². The number of urea groups is 1. The predicted octanol–water partition coefficient (Wildman–Crippen LogP) is 3.42. The summed E-state index contributed by atoms with van der Waals surface area (Å²) in [6, 6.07) is 4.15. The summed E-state index contributed by atoms with van der Waals surface area (Å²) in [4.78, 5) is 15.3. The Morgan fingerprint density at radius 1 is 1.50 bits per heavy atom. The van der Waals surface area contributed by atoms with Crippen LogP contribution in [-0.4, -0.2) is 34.7 Å². The number of hydrogen-bond acceptors (Lipinski definition) is 3. The third-order valence-electron chi connectivity index (χ3n) is 3.92. The van der Waals surface area contributed by atoms with Gasteiger partial charge in [-0.25, -0.2) is 4.79 Å². The Labute approximate surface area is 135 Å². The van der Waals surface area contributed by atoms with Crippen LogP contribution in [0.15, 0.2) is 17.5 Å². The van der Waals surface area contributed by atoms with Crippen LogP contribution in [0.5, 0.6) is 0 Å². The summed E-state index contributed by atoms with van der Waals surface area (Å²) in [5.74, 6) is 0. The Bertz CT molecular complexity index is 586. The van der Waals surface area contributed by atoms with Crippen LogP contribution in [0, 0.1) is 13.8 Å². The van der Waals surface area contributed by atoms with Crippen molar-refractivity contribution in [1.82, 2.24) is 20.4 Å².